The van der Waals surface area contributed by atoms with Gasteiger partial charge in [0.25, 0.3) is 0 Å². The van der Waals surface area contributed by atoms with E-state index < -0.39 is 0 Å². The Kier molecular flexibility index (Phi) is 9.11. The molecule has 0 heterocycles. The van der Waals surface area contributed by atoms with E-state index in [1.165, 1.54) is 68.9 Å². The zero-order chi connectivity index (χ0) is 14.6. The zero-order valence-corrected chi connectivity index (χ0v) is 13.5. The van der Waals surface area contributed by atoms with Gasteiger partial charge in [-0.2, -0.15) is 0 Å². The van der Waals surface area contributed by atoms with Gasteiger partial charge in [0, 0.05) is 0 Å². The lowest BCUT2D eigenvalue weighted by Gasteiger charge is -2.19. The van der Waals surface area contributed by atoms with Gasteiger partial charge in [0.1, 0.15) is 0 Å². The monoisotopic (exact) mass is 272 g/mol. The van der Waals surface area contributed by atoms with Gasteiger partial charge in [-0.05, 0) is 29.9 Å². The highest BCUT2D eigenvalue weighted by Crippen LogP contribution is 2.30. The fourth-order valence-electron chi connectivity index (χ4n) is 3.04. The van der Waals surface area contributed by atoms with Crippen molar-refractivity contribution in [3.05, 3.63) is 42.0 Å². The summed E-state index contributed by atoms with van der Waals surface area (Å²) in [6.45, 7) is 8.54. The molecule has 0 saturated heterocycles. The normalized spacial score (nSPS) is 12.3. The van der Waals surface area contributed by atoms with Crippen LogP contribution in [-0.2, 0) is 0 Å². The number of unbranched alkanes of at least 4 members (excludes halogenated alkanes) is 5. The molecule has 0 aliphatic rings. The molecule has 1 aromatic rings. The van der Waals surface area contributed by atoms with Crippen LogP contribution in [0.15, 0.2) is 30.8 Å². The fraction of sp³-hybridized carbons (Fsp3) is 0.600. The van der Waals surface area contributed by atoms with Gasteiger partial charge in [0.2, 0.25) is 0 Å². The van der Waals surface area contributed by atoms with Crippen LogP contribution in [-0.4, -0.2) is 0 Å². The minimum Gasteiger partial charge on any atom is -0.0985 e. The second-order valence-electron chi connectivity index (χ2n) is 5.88. The van der Waals surface area contributed by atoms with Crippen molar-refractivity contribution in [3.8, 4) is 0 Å². The van der Waals surface area contributed by atoms with E-state index >= 15 is 0 Å². The average Bonchev–Trinajstić information content (AvgIpc) is 2.49. The van der Waals surface area contributed by atoms with E-state index in [9.17, 15) is 0 Å². The van der Waals surface area contributed by atoms with Crippen molar-refractivity contribution in [1.82, 2.24) is 0 Å². The summed E-state index contributed by atoms with van der Waals surface area (Å²) in [6.07, 6.45) is 14.3. The minimum absolute atomic E-state index is 0.723. The van der Waals surface area contributed by atoms with Gasteiger partial charge < -0.3 is 0 Å². The summed E-state index contributed by atoms with van der Waals surface area (Å²) >= 11 is 0. The Balaban J connectivity index is 2.49. The van der Waals surface area contributed by atoms with Crippen LogP contribution in [0.2, 0.25) is 0 Å². The van der Waals surface area contributed by atoms with Crippen LogP contribution in [0.5, 0.6) is 0 Å². The van der Waals surface area contributed by atoms with E-state index in [0.717, 1.165) is 5.92 Å². The molecule has 0 nitrogen and oxygen atoms in total. The summed E-state index contributed by atoms with van der Waals surface area (Å²) in [7, 11) is 0. The number of hydrogen-bond acceptors (Lipinski definition) is 0. The molecule has 1 atom stereocenters. The standard InChI is InChI=1S/C20H32/c1-4-7-8-9-10-11-16-19(14-5-2)20-17-13-12-15-18(20)6-3/h6,12-13,15,17,19H,3-5,7-11,14,16H2,1-2H3. The molecule has 0 bridgehead atoms. The van der Waals surface area contributed by atoms with Gasteiger partial charge in [-0.1, -0.05) is 95.7 Å². The molecule has 0 fully saturated rings. The summed E-state index contributed by atoms with van der Waals surface area (Å²) in [5, 5.41) is 0. The highest BCUT2D eigenvalue weighted by Gasteiger charge is 2.12. The first-order chi connectivity index (χ1) is 9.83. The number of rotatable bonds is 11. The SMILES string of the molecule is C=Cc1ccccc1C(CCC)CCCCCCCC. The molecule has 0 heteroatoms. The lowest BCUT2D eigenvalue weighted by Crippen LogP contribution is -2.01. The molecule has 1 unspecified atom stereocenters. The van der Waals surface area contributed by atoms with E-state index in [1.807, 2.05) is 6.08 Å². The van der Waals surface area contributed by atoms with E-state index in [-0.39, 0.29) is 0 Å². The molecule has 0 saturated carbocycles. The van der Waals surface area contributed by atoms with E-state index in [1.54, 1.807) is 0 Å². The lowest BCUT2D eigenvalue weighted by atomic mass is 9.86. The Morgan fingerprint density at radius 1 is 0.900 bits per heavy atom. The Morgan fingerprint density at radius 3 is 2.30 bits per heavy atom. The Labute approximate surface area is 126 Å². The molecule has 112 valence electrons. The van der Waals surface area contributed by atoms with Gasteiger partial charge >= 0.3 is 0 Å². The molecule has 0 aliphatic carbocycles. The summed E-state index contributed by atoms with van der Waals surface area (Å²) in [4.78, 5) is 0. The van der Waals surface area contributed by atoms with Gasteiger partial charge in [0.05, 0.1) is 0 Å². The topological polar surface area (TPSA) is 0 Å². The highest BCUT2D eigenvalue weighted by molar-refractivity contribution is 5.52. The molecule has 0 spiro atoms. The minimum atomic E-state index is 0.723. The zero-order valence-electron chi connectivity index (χ0n) is 13.5. The maximum atomic E-state index is 3.96. The summed E-state index contributed by atoms with van der Waals surface area (Å²) < 4.78 is 0. The third-order valence-corrected chi connectivity index (χ3v) is 4.20. The molecular weight excluding hydrogens is 240 g/mol. The summed E-state index contributed by atoms with van der Waals surface area (Å²) in [5.74, 6) is 0.723. The third-order valence-electron chi connectivity index (χ3n) is 4.20. The second kappa shape index (κ2) is 10.7. The molecule has 0 N–H and O–H groups in total. The fourth-order valence-corrected chi connectivity index (χ4v) is 3.04. The number of benzene rings is 1. The first kappa shape index (κ1) is 17.0. The Hall–Kier alpha value is -1.04. The van der Waals surface area contributed by atoms with Gasteiger partial charge in [-0.25, -0.2) is 0 Å². The maximum Gasteiger partial charge on any atom is -0.0156 e. The summed E-state index contributed by atoms with van der Waals surface area (Å²) in [5.41, 5.74) is 2.84. The summed E-state index contributed by atoms with van der Waals surface area (Å²) in [6, 6.07) is 8.79. The lowest BCUT2D eigenvalue weighted by molar-refractivity contribution is 0.512. The first-order valence-corrected chi connectivity index (χ1v) is 8.54. The predicted molar refractivity (Wildman–Crippen MR) is 92.2 cm³/mol. The maximum absolute atomic E-state index is 3.96. The molecule has 1 aromatic carbocycles. The van der Waals surface area contributed by atoms with E-state index in [4.69, 9.17) is 0 Å². The molecule has 0 amide bonds. The number of hydrogen-bond donors (Lipinski definition) is 0. The van der Waals surface area contributed by atoms with Crippen LogP contribution in [0.1, 0.15) is 88.7 Å². The van der Waals surface area contributed by atoms with Crippen LogP contribution in [0.4, 0.5) is 0 Å². The Bertz CT molecular complexity index is 364. The van der Waals surface area contributed by atoms with Gasteiger partial charge in [0.15, 0.2) is 0 Å². The predicted octanol–water partition coefficient (Wildman–Crippen LogP) is 6.96. The largest absolute Gasteiger partial charge is 0.0985 e. The van der Waals surface area contributed by atoms with Crippen molar-refractivity contribution in [1.29, 1.82) is 0 Å². The van der Waals surface area contributed by atoms with Crippen LogP contribution >= 0.6 is 0 Å². The van der Waals surface area contributed by atoms with E-state index in [0.29, 0.717) is 0 Å². The van der Waals surface area contributed by atoms with E-state index in [2.05, 4.69) is 44.7 Å². The van der Waals surface area contributed by atoms with Crippen molar-refractivity contribution >= 4 is 6.08 Å². The van der Waals surface area contributed by atoms with Crippen LogP contribution in [0.25, 0.3) is 6.08 Å². The average molecular weight is 272 g/mol. The van der Waals surface area contributed by atoms with Crippen molar-refractivity contribution in [3.63, 3.8) is 0 Å². The molecule has 0 aliphatic heterocycles. The molecule has 0 radical (unpaired) electrons. The molecule has 20 heavy (non-hydrogen) atoms. The van der Waals surface area contributed by atoms with Crippen LogP contribution < -0.4 is 0 Å². The van der Waals surface area contributed by atoms with Crippen molar-refractivity contribution < 1.29 is 0 Å². The second-order valence-corrected chi connectivity index (χ2v) is 5.88. The first-order valence-electron chi connectivity index (χ1n) is 8.54. The highest BCUT2D eigenvalue weighted by atomic mass is 14.2. The molecule has 1 rings (SSSR count). The van der Waals surface area contributed by atoms with Crippen LogP contribution in [0.3, 0.4) is 0 Å². The quantitative estimate of drug-likeness (QED) is 0.382. The Morgan fingerprint density at radius 2 is 1.60 bits per heavy atom. The molecule has 0 aromatic heterocycles. The third kappa shape index (κ3) is 5.94. The van der Waals surface area contributed by atoms with Gasteiger partial charge in [-0.3, -0.25) is 0 Å². The van der Waals surface area contributed by atoms with Gasteiger partial charge in [-0.15, -0.1) is 0 Å². The van der Waals surface area contributed by atoms with Crippen LogP contribution in [0, 0.1) is 0 Å². The van der Waals surface area contributed by atoms with Crippen molar-refractivity contribution in [2.45, 2.75) is 77.6 Å². The van der Waals surface area contributed by atoms with Crippen molar-refractivity contribution in [2.24, 2.45) is 0 Å². The molecular formula is C20H32. The van der Waals surface area contributed by atoms with Crippen molar-refractivity contribution in [2.75, 3.05) is 0 Å². The smallest absolute Gasteiger partial charge is 0.0156 e.